The van der Waals surface area contributed by atoms with Crippen LogP contribution in [0.2, 0.25) is 0 Å². The molecule has 0 unspecified atom stereocenters. The van der Waals surface area contributed by atoms with Gasteiger partial charge in [-0.1, -0.05) is 6.07 Å². The van der Waals surface area contributed by atoms with E-state index in [2.05, 4.69) is 37.0 Å². The van der Waals surface area contributed by atoms with E-state index >= 15 is 0 Å². The first-order chi connectivity index (χ1) is 7.11. The van der Waals surface area contributed by atoms with E-state index in [0.29, 0.717) is 5.84 Å². The van der Waals surface area contributed by atoms with Gasteiger partial charge in [-0.05, 0) is 42.5 Å². The molecule has 3 heteroatoms. The minimum absolute atomic E-state index is 0.619. The van der Waals surface area contributed by atoms with E-state index in [1.165, 1.54) is 21.2 Å². The van der Waals surface area contributed by atoms with Gasteiger partial charge in [0.25, 0.3) is 0 Å². The van der Waals surface area contributed by atoms with Gasteiger partial charge < -0.3 is 5.73 Å². The molecule has 2 N–H and O–H groups in total. The van der Waals surface area contributed by atoms with Gasteiger partial charge in [-0.25, -0.2) is 0 Å². The molecule has 2 rings (SSSR count). The fourth-order valence-corrected chi connectivity index (χ4v) is 2.91. The monoisotopic (exact) mass is 218 g/mol. The summed E-state index contributed by atoms with van der Waals surface area (Å²) in [6.07, 6.45) is 0. The zero-order valence-electron chi connectivity index (χ0n) is 9.16. The Morgan fingerprint density at radius 3 is 2.67 bits per heavy atom. The largest absolute Gasteiger partial charge is 0.383 e. The van der Waals surface area contributed by atoms with Gasteiger partial charge in [-0.2, -0.15) is 0 Å². The fourth-order valence-electron chi connectivity index (χ4n) is 1.72. The van der Waals surface area contributed by atoms with Crippen LogP contribution in [0.5, 0.6) is 0 Å². The van der Waals surface area contributed by atoms with Crippen molar-refractivity contribution in [1.29, 1.82) is 0 Å². The van der Waals surface area contributed by atoms with Gasteiger partial charge in [0.2, 0.25) is 0 Å². The number of nitrogens with zero attached hydrogens (tertiary/aromatic N) is 1. The molecule has 0 radical (unpaired) electrons. The zero-order valence-corrected chi connectivity index (χ0v) is 9.98. The number of hydrogen-bond donors (Lipinski definition) is 1. The van der Waals surface area contributed by atoms with Crippen LogP contribution in [0, 0.1) is 13.8 Å². The Hall–Kier alpha value is -1.35. The standard InChI is InChI=1S/C12H14N2S/c1-7-4-8(2)9-6-11(12(13)14-3)15-10(9)5-7/h4-6H,1-3H3,(H2,13,14). The van der Waals surface area contributed by atoms with Gasteiger partial charge in [0.1, 0.15) is 5.84 Å². The predicted octanol–water partition coefficient (Wildman–Crippen LogP) is 2.85. The molecule has 1 heterocycles. The third-order valence-corrected chi connectivity index (χ3v) is 3.59. The predicted molar refractivity (Wildman–Crippen MR) is 67.9 cm³/mol. The summed E-state index contributed by atoms with van der Waals surface area (Å²) in [5.74, 6) is 0.619. The summed E-state index contributed by atoms with van der Waals surface area (Å²) in [5, 5.41) is 1.28. The summed E-state index contributed by atoms with van der Waals surface area (Å²) in [6, 6.07) is 6.51. The van der Waals surface area contributed by atoms with E-state index in [1.54, 1.807) is 18.4 Å². The van der Waals surface area contributed by atoms with Crippen LogP contribution in [-0.4, -0.2) is 12.9 Å². The Balaban J connectivity index is 2.71. The molecule has 0 saturated heterocycles. The second kappa shape index (κ2) is 3.66. The van der Waals surface area contributed by atoms with Crippen LogP contribution < -0.4 is 5.73 Å². The van der Waals surface area contributed by atoms with Crippen molar-refractivity contribution in [3.63, 3.8) is 0 Å². The molecule has 0 fully saturated rings. The van der Waals surface area contributed by atoms with Crippen LogP contribution in [0.1, 0.15) is 16.0 Å². The Kier molecular flexibility index (Phi) is 2.49. The van der Waals surface area contributed by atoms with E-state index < -0.39 is 0 Å². The highest BCUT2D eigenvalue weighted by Crippen LogP contribution is 2.29. The number of amidine groups is 1. The zero-order chi connectivity index (χ0) is 11.0. The Labute approximate surface area is 93.4 Å². The lowest BCUT2D eigenvalue weighted by Gasteiger charge is -1.97. The molecule has 2 aromatic rings. The van der Waals surface area contributed by atoms with Crippen LogP contribution in [0.15, 0.2) is 23.2 Å². The lowest BCUT2D eigenvalue weighted by atomic mass is 10.1. The summed E-state index contributed by atoms with van der Waals surface area (Å²) >= 11 is 1.70. The maximum Gasteiger partial charge on any atom is 0.135 e. The Morgan fingerprint density at radius 1 is 1.27 bits per heavy atom. The maximum atomic E-state index is 5.81. The fraction of sp³-hybridized carbons (Fsp3) is 0.250. The first kappa shape index (κ1) is 10.2. The van der Waals surface area contributed by atoms with Gasteiger partial charge in [0.15, 0.2) is 0 Å². The van der Waals surface area contributed by atoms with Crippen molar-refractivity contribution in [2.24, 2.45) is 10.7 Å². The van der Waals surface area contributed by atoms with Crippen molar-refractivity contribution in [1.82, 2.24) is 0 Å². The molecule has 0 spiro atoms. The average Bonchev–Trinajstić information content (AvgIpc) is 2.60. The summed E-state index contributed by atoms with van der Waals surface area (Å²) in [4.78, 5) is 5.07. The van der Waals surface area contributed by atoms with Crippen molar-refractivity contribution in [3.8, 4) is 0 Å². The quantitative estimate of drug-likeness (QED) is 0.580. The minimum Gasteiger partial charge on any atom is -0.383 e. The van der Waals surface area contributed by atoms with Crippen molar-refractivity contribution in [2.45, 2.75) is 13.8 Å². The molecule has 0 amide bonds. The first-order valence-electron chi connectivity index (χ1n) is 4.85. The SMILES string of the molecule is CN=C(N)c1cc2c(C)cc(C)cc2s1. The van der Waals surface area contributed by atoms with E-state index in [-0.39, 0.29) is 0 Å². The molecule has 0 aliphatic heterocycles. The average molecular weight is 218 g/mol. The smallest absolute Gasteiger partial charge is 0.135 e. The molecule has 0 saturated carbocycles. The van der Waals surface area contributed by atoms with Crippen LogP contribution in [0.25, 0.3) is 10.1 Å². The first-order valence-corrected chi connectivity index (χ1v) is 5.67. The number of aliphatic imine (C=N–C) groups is 1. The van der Waals surface area contributed by atoms with Gasteiger partial charge in [-0.3, -0.25) is 4.99 Å². The number of nitrogens with two attached hydrogens (primary N) is 1. The number of rotatable bonds is 1. The van der Waals surface area contributed by atoms with E-state index in [4.69, 9.17) is 5.73 Å². The molecule has 0 aliphatic rings. The summed E-state index contributed by atoms with van der Waals surface area (Å²) in [5.41, 5.74) is 8.40. The highest BCUT2D eigenvalue weighted by molar-refractivity contribution is 7.20. The number of benzene rings is 1. The van der Waals surface area contributed by atoms with Gasteiger partial charge >= 0.3 is 0 Å². The molecule has 0 aliphatic carbocycles. The third-order valence-electron chi connectivity index (χ3n) is 2.48. The topological polar surface area (TPSA) is 38.4 Å². The van der Waals surface area contributed by atoms with Crippen LogP contribution in [-0.2, 0) is 0 Å². The number of aryl methyl sites for hydroxylation is 2. The minimum atomic E-state index is 0.619. The second-order valence-electron chi connectivity index (χ2n) is 3.71. The van der Waals surface area contributed by atoms with E-state index in [1.807, 2.05) is 0 Å². The summed E-state index contributed by atoms with van der Waals surface area (Å²) in [7, 11) is 1.72. The van der Waals surface area contributed by atoms with Crippen molar-refractivity contribution < 1.29 is 0 Å². The lowest BCUT2D eigenvalue weighted by molar-refractivity contribution is 1.41. The highest BCUT2D eigenvalue weighted by Gasteiger charge is 2.07. The third kappa shape index (κ3) is 1.75. The number of thiophene rings is 1. The van der Waals surface area contributed by atoms with Crippen molar-refractivity contribution in [2.75, 3.05) is 7.05 Å². The Bertz CT molecular complexity index is 538. The Morgan fingerprint density at radius 2 is 2.00 bits per heavy atom. The molecule has 0 bridgehead atoms. The number of hydrogen-bond acceptors (Lipinski definition) is 2. The van der Waals surface area contributed by atoms with Crippen LogP contribution in [0.4, 0.5) is 0 Å². The molecule has 0 atom stereocenters. The molecular weight excluding hydrogens is 204 g/mol. The second-order valence-corrected chi connectivity index (χ2v) is 4.80. The van der Waals surface area contributed by atoms with Gasteiger partial charge in [0, 0.05) is 11.7 Å². The van der Waals surface area contributed by atoms with E-state index in [0.717, 1.165) is 4.88 Å². The summed E-state index contributed by atoms with van der Waals surface area (Å²) in [6.45, 7) is 4.24. The lowest BCUT2D eigenvalue weighted by Crippen LogP contribution is -2.10. The van der Waals surface area contributed by atoms with E-state index in [9.17, 15) is 0 Å². The molecule has 15 heavy (non-hydrogen) atoms. The van der Waals surface area contributed by atoms with Crippen LogP contribution >= 0.6 is 11.3 Å². The van der Waals surface area contributed by atoms with Gasteiger partial charge in [-0.15, -0.1) is 11.3 Å². The highest BCUT2D eigenvalue weighted by atomic mass is 32.1. The normalized spacial score (nSPS) is 12.3. The maximum absolute atomic E-state index is 5.81. The molecule has 78 valence electrons. The van der Waals surface area contributed by atoms with Crippen LogP contribution in [0.3, 0.4) is 0 Å². The van der Waals surface area contributed by atoms with Gasteiger partial charge in [0.05, 0.1) is 4.88 Å². The summed E-state index contributed by atoms with van der Waals surface area (Å²) < 4.78 is 1.29. The van der Waals surface area contributed by atoms with Crippen molar-refractivity contribution in [3.05, 3.63) is 34.2 Å². The molecule has 1 aromatic heterocycles. The number of fused-ring (bicyclic) bond motifs is 1. The molecule has 1 aromatic carbocycles. The molecule has 2 nitrogen and oxygen atoms in total. The van der Waals surface area contributed by atoms with Crippen molar-refractivity contribution >= 4 is 27.3 Å². The molecular formula is C12H14N2S.